The summed E-state index contributed by atoms with van der Waals surface area (Å²) in [5, 5.41) is 5.41. The van der Waals surface area contributed by atoms with Gasteiger partial charge in [-0.2, -0.15) is 0 Å². The van der Waals surface area contributed by atoms with Gasteiger partial charge in [-0.25, -0.2) is 4.39 Å². The molecule has 3 N–H and O–H groups in total. The van der Waals surface area contributed by atoms with Crippen LogP contribution in [0.5, 0.6) is 0 Å². The molecule has 1 aliphatic heterocycles. The van der Waals surface area contributed by atoms with Gasteiger partial charge in [0.25, 0.3) is 0 Å². The predicted molar refractivity (Wildman–Crippen MR) is 184 cm³/mol. The Bertz CT molecular complexity index is 1230. The van der Waals surface area contributed by atoms with Gasteiger partial charge in [-0.3, -0.25) is 9.79 Å². The summed E-state index contributed by atoms with van der Waals surface area (Å²) in [6, 6.07) is 0. The molecule has 0 bridgehead atoms. The summed E-state index contributed by atoms with van der Waals surface area (Å²) in [6.07, 6.45) is 10.5. The van der Waals surface area contributed by atoms with Crippen molar-refractivity contribution in [2.24, 2.45) is 16.1 Å². The first kappa shape index (κ1) is 38.8. The molecule has 42 heavy (non-hydrogen) atoms. The number of amidine groups is 1. The second kappa shape index (κ2) is 19.1. The van der Waals surface area contributed by atoms with Crippen LogP contribution in [0.25, 0.3) is 5.70 Å². The van der Waals surface area contributed by atoms with Gasteiger partial charge in [0, 0.05) is 51.8 Å². The number of aliphatic imine (C=N–C) groups is 1. The Morgan fingerprint density at radius 3 is 2.24 bits per heavy atom. The van der Waals surface area contributed by atoms with Gasteiger partial charge in [0.1, 0.15) is 11.7 Å². The molecular weight excluding hydrogens is 543 g/mol. The largest absolute Gasteiger partial charge is 0.401 e. The molecule has 1 aromatic heterocycles. The topological polar surface area (TPSA) is 70.7 Å². The average molecular weight is 599 g/mol. The van der Waals surface area contributed by atoms with E-state index < -0.39 is 0 Å². The molecule has 1 amide bonds. The molecule has 234 valence electrons. The maximum absolute atomic E-state index is 12.5. The summed E-state index contributed by atoms with van der Waals surface area (Å²) in [5.74, 6) is 0.613. The molecule has 1 aromatic rings. The molecule has 0 spiro atoms. The lowest BCUT2D eigenvalue weighted by atomic mass is 9.92. The SMILES string of the molecule is C/C=C(F)\C=C/C(C)=C(C)C.C=C(NC(/C=C(\N)C(C)(C)C)=NC)c1csc2c1CCN(C(=O)/C(C)=C/C)C2.CCC. The van der Waals surface area contributed by atoms with Crippen LogP contribution in [0.4, 0.5) is 4.39 Å². The van der Waals surface area contributed by atoms with Crippen molar-refractivity contribution in [2.45, 2.75) is 95.5 Å². The van der Waals surface area contributed by atoms with Crippen LogP contribution < -0.4 is 11.1 Å². The lowest BCUT2D eigenvalue weighted by molar-refractivity contribution is -0.127. The van der Waals surface area contributed by atoms with Crippen molar-refractivity contribution in [2.75, 3.05) is 13.6 Å². The van der Waals surface area contributed by atoms with Gasteiger partial charge in [0.2, 0.25) is 5.91 Å². The number of allylic oxidation sites excluding steroid dienone is 8. The van der Waals surface area contributed by atoms with E-state index in [1.807, 2.05) is 51.7 Å². The van der Waals surface area contributed by atoms with Crippen molar-refractivity contribution >= 4 is 28.8 Å². The fourth-order valence-corrected chi connectivity index (χ4v) is 4.47. The first-order chi connectivity index (χ1) is 19.6. The highest BCUT2D eigenvalue weighted by atomic mass is 32.1. The Morgan fingerprint density at radius 2 is 1.76 bits per heavy atom. The van der Waals surface area contributed by atoms with Gasteiger partial charge in [0.15, 0.2) is 0 Å². The van der Waals surface area contributed by atoms with E-state index in [0.717, 1.165) is 41.1 Å². The molecule has 0 fully saturated rings. The lowest BCUT2D eigenvalue weighted by Gasteiger charge is -2.28. The second-order valence-electron chi connectivity index (χ2n) is 11.5. The number of amides is 1. The van der Waals surface area contributed by atoms with E-state index in [0.29, 0.717) is 12.4 Å². The molecular formula is C35H55FN4OS. The Hall–Kier alpha value is -3.19. The van der Waals surface area contributed by atoms with E-state index in [4.69, 9.17) is 5.73 Å². The van der Waals surface area contributed by atoms with Crippen LogP contribution in [-0.4, -0.2) is 30.2 Å². The van der Waals surface area contributed by atoms with Crippen molar-refractivity contribution in [3.05, 3.63) is 86.6 Å². The fraction of sp³-hybridized carbons (Fsp3) is 0.486. The number of carbonyl (C=O) groups is 1. The number of nitrogens with zero attached hydrogens (tertiary/aromatic N) is 2. The molecule has 0 saturated heterocycles. The first-order valence-corrected chi connectivity index (χ1v) is 15.5. The summed E-state index contributed by atoms with van der Waals surface area (Å²) >= 11 is 1.68. The minimum absolute atomic E-state index is 0.114. The minimum Gasteiger partial charge on any atom is -0.401 e. The molecule has 2 rings (SSSR count). The number of thiophene rings is 1. The molecule has 1 aliphatic rings. The highest BCUT2D eigenvalue weighted by Crippen LogP contribution is 2.32. The minimum atomic E-state index is -0.189. The quantitative estimate of drug-likeness (QED) is 0.148. The second-order valence-corrected chi connectivity index (χ2v) is 12.4. The molecule has 0 unspecified atom stereocenters. The normalized spacial score (nSPS) is 14.4. The Balaban J connectivity index is 0.00000100. The van der Waals surface area contributed by atoms with E-state index >= 15 is 0 Å². The molecule has 2 heterocycles. The van der Waals surface area contributed by atoms with Gasteiger partial charge in [0.05, 0.1) is 6.54 Å². The van der Waals surface area contributed by atoms with E-state index in [-0.39, 0.29) is 17.1 Å². The molecule has 5 nitrogen and oxygen atoms in total. The van der Waals surface area contributed by atoms with E-state index in [2.05, 4.69) is 56.9 Å². The zero-order valence-corrected chi connectivity index (χ0v) is 29.0. The molecule has 0 aromatic carbocycles. The zero-order valence-electron chi connectivity index (χ0n) is 28.2. The molecule has 0 saturated carbocycles. The van der Waals surface area contributed by atoms with Gasteiger partial charge in [-0.1, -0.05) is 77.0 Å². The van der Waals surface area contributed by atoms with Gasteiger partial charge >= 0.3 is 0 Å². The summed E-state index contributed by atoms with van der Waals surface area (Å²) < 4.78 is 12.5. The van der Waals surface area contributed by atoms with Crippen molar-refractivity contribution in [1.82, 2.24) is 10.2 Å². The summed E-state index contributed by atoms with van der Waals surface area (Å²) in [5.41, 5.74) is 13.1. The van der Waals surface area contributed by atoms with Crippen LogP contribution in [0.15, 0.2) is 75.6 Å². The number of hydrogen-bond acceptors (Lipinski definition) is 4. The third kappa shape index (κ3) is 13.2. The van der Waals surface area contributed by atoms with Crippen molar-refractivity contribution in [3.63, 3.8) is 0 Å². The van der Waals surface area contributed by atoms with Crippen LogP contribution in [-0.2, 0) is 17.8 Å². The summed E-state index contributed by atoms with van der Waals surface area (Å²) in [7, 11) is 1.73. The maximum Gasteiger partial charge on any atom is 0.249 e. The molecule has 7 heteroatoms. The number of rotatable bonds is 6. The predicted octanol–water partition coefficient (Wildman–Crippen LogP) is 9.26. The van der Waals surface area contributed by atoms with Crippen LogP contribution in [0.2, 0.25) is 0 Å². The van der Waals surface area contributed by atoms with Gasteiger partial charge < -0.3 is 16.0 Å². The van der Waals surface area contributed by atoms with Crippen LogP contribution >= 0.6 is 11.3 Å². The maximum atomic E-state index is 12.5. The third-order valence-electron chi connectivity index (χ3n) is 6.56. The number of nitrogens with one attached hydrogen (secondary N) is 1. The third-order valence-corrected chi connectivity index (χ3v) is 7.58. The van der Waals surface area contributed by atoms with Gasteiger partial charge in [-0.05, 0) is 65.7 Å². The monoisotopic (exact) mass is 598 g/mol. The average Bonchev–Trinajstić information content (AvgIpc) is 3.38. The van der Waals surface area contributed by atoms with E-state index in [9.17, 15) is 9.18 Å². The zero-order chi connectivity index (χ0) is 32.6. The van der Waals surface area contributed by atoms with Crippen molar-refractivity contribution in [1.29, 1.82) is 0 Å². The van der Waals surface area contributed by atoms with Crippen LogP contribution in [0.1, 0.15) is 98.6 Å². The fourth-order valence-electron chi connectivity index (χ4n) is 3.34. The molecule has 0 atom stereocenters. The standard InChI is InChI=1S/C22H32N4OS.C10H15F.C3H8/c1-8-14(2)21(27)26-10-9-16-17(13-28-18(16)12-26)15(3)25-20(24-7)11-19(23)22(4,5)6;1-5-10(11)7-6-9(4)8(2)3;1-3-2/h8,11,13H,3,9-10,12,23H2,1-2,4-7H3,(H,24,25);5-7H,1-4H3;3H2,1-2H3/b14-8+,19-11-;7-6-,10-5+;. The summed E-state index contributed by atoms with van der Waals surface area (Å²) in [4.78, 5) is 19.9. The van der Waals surface area contributed by atoms with E-state index in [1.165, 1.54) is 34.6 Å². The lowest BCUT2D eigenvalue weighted by Crippen LogP contribution is -2.36. The van der Waals surface area contributed by atoms with Crippen LogP contribution in [0.3, 0.4) is 0 Å². The van der Waals surface area contributed by atoms with Crippen molar-refractivity contribution in [3.8, 4) is 0 Å². The van der Waals surface area contributed by atoms with Crippen LogP contribution in [0, 0.1) is 5.41 Å². The molecule has 0 aliphatic carbocycles. The van der Waals surface area contributed by atoms with E-state index in [1.54, 1.807) is 31.4 Å². The smallest absolute Gasteiger partial charge is 0.249 e. The number of fused-ring (bicyclic) bond motifs is 1. The molecule has 0 radical (unpaired) electrons. The number of hydrogen-bond donors (Lipinski definition) is 2. The highest BCUT2D eigenvalue weighted by molar-refractivity contribution is 7.10. The number of nitrogens with two attached hydrogens (primary N) is 1. The first-order valence-electron chi connectivity index (χ1n) is 14.6. The van der Waals surface area contributed by atoms with Crippen molar-refractivity contribution < 1.29 is 9.18 Å². The number of carbonyl (C=O) groups excluding carboxylic acids is 1. The van der Waals surface area contributed by atoms with Gasteiger partial charge in [-0.15, -0.1) is 11.3 Å². The Labute approximate surface area is 259 Å². The number of halogens is 1. The Morgan fingerprint density at radius 1 is 1.17 bits per heavy atom. The Kier molecular flexibility index (Phi) is 17.6. The summed E-state index contributed by atoms with van der Waals surface area (Å²) in [6.45, 7) is 27.5. The highest BCUT2D eigenvalue weighted by Gasteiger charge is 2.25.